The van der Waals surface area contributed by atoms with Gasteiger partial charge >= 0.3 is 154 Å². The van der Waals surface area contributed by atoms with Gasteiger partial charge < -0.3 is 41.9 Å². The van der Waals surface area contributed by atoms with Gasteiger partial charge in [-0.05, 0) is 36.5 Å². The van der Waals surface area contributed by atoms with Crippen LogP contribution in [0.2, 0.25) is 0 Å². The molecule has 4 rings (SSSR count). The zero-order valence-electron chi connectivity index (χ0n) is 32.5. The van der Waals surface area contributed by atoms with Gasteiger partial charge in [-0.2, -0.15) is 6.42 Å². The number of benzene rings is 2. The summed E-state index contributed by atoms with van der Waals surface area (Å²) >= 11 is 0. The Bertz CT molecular complexity index is 781. The molecule has 3 N–H and O–H groups in total. The molecule has 2 aromatic rings. The molecule has 0 amide bonds. The van der Waals surface area contributed by atoms with Gasteiger partial charge in [-0.1, -0.05) is 138 Å². The predicted molar refractivity (Wildman–Crippen MR) is 195 cm³/mol. The molecule has 2 heterocycles. The summed E-state index contributed by atoms with van der Waals surface area (Å²) in [5.74, 6) is 0. The molecule has 0 saturated carbocycles. The minimum atomic E-state index is 0. The quantitative estimate of drug-likeness (QED) is 0.0574. The van der Waals surface area contributed by atoms with Gasteiger partial charge in [0.1, 0.15) is 6.10 Å². The number of hydrogen-bond acceptors (Lipinski definition) is 7. The van der Waals surface area contributed by atoms with E-state index >= 15 is 0 Å². The number of ether oxygens (including phenoxy) is 3. The van der Waals surface area contributed by atoms with Gasteiger partial charge in [-0.25, -0.2) is 0 Å². The van der Waals surface area contributed by atoms with Crippen molar-refractivity contribution in [2.75, 3.05) is 52.9 Å². The van der Waals surface area contributed by atoms with Gasteiger partial charge in [0.15, 0.2) is 0 Å². The van der Waals surface area contributed by atoms with E-state index in [1.165, 1.54) is 81.4 Å². The van der Waals surface area contributed by atoms with Gasteiger partial charge in [0, 0.05) is 26.4 Å². The zero-order chi connectivity index (χ0) is 33.6. The molecule has 1 unspecified atom stereocenters. The number of epoxide rings is 1. The van der Waals surface area contributed by atoms with Crippen LogP contribution in [0.1, 0.15) is 116 Å². The van der Waals surface area contributed by atoms with Gasteiger partial charge in [-0.3, -0.25) is 0 Å². The van der Waals surface area contributed by atoms with Gasteiger partial charge in [0.05, 0.1) is 19.8 Å². The van der Waals surface area contributed by atoms with E-state index in [1.807, 2.05) is 0 Å². The van der Waals surface area contributed by atoms with Crippen LogP contribution in [0.3, 0.4) is 0 Å². The van der Waals surface area contributed by atoms with Crippen molar-refractivity contribution >= 4 is 10.8 Å². The second-order valence-corrected chi connectivity index (χ2v) is 11.8. The van der Waals surface area contributed by atoms with Crippen molar-refractivity contribution < 1.29 is 189 Å². The number of rotatable bonds is 21. The fourth-order valence-corrected chi connectivity index (χ4v) is 4.54. The Morgan fingerprint density at radius 2 is 1.08 bits per heavy atom. The van der Waals surface area contributed by atoms with Crippen molar-refractivity contribution in [1.82, 2.24) is 0 Å². The third kappa shape index (κ3) is 49.1. The van der Waals surface area contributed by atoms with Crippen LogP contribution in [-0.4, -0.2) is 74.6 Å². The van der Waals surface area contributed by atoms with E-state index in [0.717, 1.165) is 71.4 Å². The maximum absolute atomic E-state index is 10.1. The molecule has 2 aliphatic rings. The van der Waals surface area contributed by atoms with E-state index in [9.17, 15) is 5.11 Å². The normalized spacial score (nSPS) is 13.2. The Hall–Kier alpha value is 3.07. The van der Waals surface area contributed by atoms with E-state index in [2.05, 4.69) is 62.0 Å². The number of unbranched alkanes of at least 4 members (excludes halogenated alkanes) is 14. The Kier molecular flexibility index (Phi) is 67.5. The Balaban J connectivity index is -0.000000168. The van der Waals surface area contributed by atoms with Crippen molar-refractivity contribution in [1.29, 1.82) is 0 Å². The van der Waals surface area contributed by atoms with Crippen molar-refractivity contribution in [3.63, 3.8) is 0 Å². The molecule has 274 valence electrons. The standard InChI is InChI=1S/C10H22O2.C10H20O.C10H8.C6H10O2.C4H8O.3K.H2O/c11-9-7-5-3-1-2-4-6-8-10-12;1-2-3-4-5-6-7-8-9-10-11;1-2-6-10-8-4-3-7-9(10)5-1;1-2-3-7-4-6-5-8-6;1-2-4-5-3-1;;;;/h11-12H,1-10H2;1-10H2;1-8H;2,6H,1,3-5H2;1-4H2;;;;1H2/q;-2;;;;3*+1;/p-1. The number of aliphatic hydroxyl groups is 2. The summed E-state index contributed by atoms with van der Waals surface area (Å²) in [6.45, 7) is 12.3. The molecule has 2 aliphatic heterocycles. The average molecular weight is 779 g/mol. The molecule has 1 atom stereocenters. The summed E-state index contributed by atoms with van der Waals surface area (Å²) < 4.78 is 14.9. The largest absolute Gasteiger partial charge is 1.00 e. The maximum atomic E-state index is 10.1. The minimum absolute atomic E-state index is 0. The summed E-state index contributed by atoms with van der Waals surface area (Å²) in [6.07, 6.45) is 23.5. The first-order valence-corrected chi connectivity index (χ1v) is 18.1. The van der Waals surface area contributed by atoms with Gasteiger partial charge in [-0.15, -0.1) is 13.2 Å². The Morgan fingerprint density at radius 1 is 0.700 bits per heavy atom. The Morgan fingerprint density at radius 3 is 1.38 bits per heavy atom. The molecule has 0 radical (unpaired) electrons. The fourth-order valence-electron chi connectivity index (χ4n) is 4.54. The van der Waals surface area contributed by atoms with Crippen LogP contribution >= 0.6 is 0 Å². The van der Waals surface area contributed by atoms with E-state index in [1.54, 1.807) is 6.08 Å². The van der Waals surface area contributed by atoms with Crippen molar-refractivity contribution in [3.05, 3.63) is 68.1 Å². The first-order chi connectivity index (χ1) is 22.7. The predicted octanol–water partition coefficient (Wildman–Crippen LogP) is -0.547. The molecular weight excluding hydrogens is 710 g/mol. The summed E-state index contributed by atoms with van der Waals surface area (Å²) in [4.78, 5) is 0. The maximum Gasteiger partial charge on any atom is 1.00 e. The molecule has 0 spiro atoms. The van der Waals surface area contributed by atoms with Crippen LogP contribution in [0, 0.1) is 6.92 Å². The van der Waals surface area contributed by atoms with Gasteiger partial charge in [0.25, 0.3) is 0 Å². The zero-order valence-corrected chi connectivity index (χ0v) is 41.9. The van der Waals surface area contributed by atoms with Gasteiger partial charge in [0.2, 0.25) is 0 Å². The molecule has 2 fully saturated rings. The summed E-state index contributed by atoms with van der Waals surface area (Å²) in [5, 5.41) is 29.7. The third-order valence-corrected chi connectivity index (χ3v) is 7.39. The Labute approximate surface area is 434 Å². The average Bonchev–Trinajstić information content (AvgIpc) is 3.71. The first kappa shape index (κ1) is 62.3. The van der Waals surface area contributed by atoms with E-state index in [-0.39, 0.29) is 166 Å². The second-order valence-electron chi connectivity index (χ2n) is 11.8. The molecular formula is C40H69K3O7. The van der Waals surface area contributed by atoms with Crippen molar-refractivity contribution in [2.45, 2.75) is 122 Å². The van der Waals surface area contributed by atoms with Crippen LogP contribution in [0.15, 0.2) is 61.2 Å². The molecule has 10 heteroatoms. The fraction of sp³-hybridized carbons (Fsp3) is 0.675. The summed E-state index contributed by atoms with van der Waals surface area (Å²) in [6, 6.07) is 16.7. The smallest absolute Gasteiger partial charge is 0.870 e. The van der Waals surface area contributed by atoms with Crippen molar-refractivity contribution in [3.8, 4) is 0 Å². The number of aliphatic hydroxyl groups excluding tert-OH is 2. The molecule has 50 heavy (non-hydrogen) atoms. The van der Waals surface area contributed by atoms with Crippen LogP contribution in [-0.2, 0) is 14.2 Å². The first-order valence-electron chi connectivity index (χ1n) is 18.1. The molecule has 2 saturated heterocycles. The molecule has 7 nitrogen and oxygen atoms in total. The molecule has 2 aromatic carbocycles. The van der Waals surface area contributed by atoms with Crippen LogP contribution in [0.5, 0.6) is 0 Å². The SMILES string of the molecule is C1CCOC1.C=CCOCC1CO1.OCCCCCCCCCCO.[CH2-]CCCCCCCCC[O-].[K+].[K+].[K+].[OH-].c1ccc2ccccc2c1. The summed E-state index contributed by atoms with van der Waals surface area (Å²) in [7, 11) is 0. The van der Waals surface area contributed by atoms with Crippen LogP contribution in [0.4, 0.5) is 0 Å². The molecule has 0 bridgehead atoms. The minimum Gasteiger partial charge on any atom is -0.870 e. The summed E-state index contributed by atoms with van der Waals surface area (Å²) in [5.41, 5.74) is 0. The van der Waals surface area contributed by atoms with E-state index in [4.69, 9.17) is 24.4 Å². The van der Waals surface area contributed by atoms with Crippen LogP contribution < -0.4 is 159 Å². The van der Waals surface area contributed by atoms with Crippen LogP contribution in [0.25, 0.3) is 10.8 Å². The number of hydrogen-bond donors (Lipinski definition) is 2. The molecule has 0 aromatic heterocycles. The number of fused-ring (bicyclic) bond motifs is 1. The third-order valence-electron chi connectivity index (χ3n) is 7.39. The monoisotopic (exact) mass is 778 g/mol. The second kappa shape index (κ2) is 54.2. The topological polar surface area (TPSA) is 125 Å². The molecule has 0 aliphatic carbocycles. The van der Waals surface area contributed by atoms with E-state index < -0.39 is 0 Å². The van der Waals surface area contributed by atoms with E-state index in [0.29, 0.717) is 25.9 Å². The van der Waals surface area contributed by atoms with Crippen molar-refractivity contribution in [2.24, 2.45) is 0 Å².